The Kier molecular flexibility index (Phi) is 72.4. The molecule has 0 aromatic heterocycles. The molecule has 0 spiro atoms. The Morgan fingerprint density at radius 2 is 0.541 bits per heavy atom. The molecule has 0 amide bonds. The molecule has 0 atom stereocenters. The molecule has 3 rings (SSSR count). The summed E-state index contributed by atoms with van der Waals surface area (Å²) in [5.41, 5.74) is 0. The Morgan fingerprint density at radius 1 is 0.405 bits per heavy atom. The van der Waals surface area contributed by atoms with Crippen molar-refractivity contribution in [2.45, 2.75) is 0 Å². The van der Waals surface area contributed by atoms with Gasteiger partial charge < -0.3 is 0 Å². The Hall–Kier alpha value is -1.31. The van der Waals surface area contributed by atoms with E-state index in [2.05, 4.69) is 151 Å². The largest absolute Gasteiger partial charge is 0.102 e. The van der Waals surface area contributed by atoms with Gasteiger partial charge in [0.25, 0.3) is 0 Å². The van der Waals surface area contributed by atoms with E-state index in [-0.39, 0.29) is 34.1 Å². The first-order chi connectivity index (χ1) is 17.3. The average Bonchev–Trinajstić information content (AvgIpc) is 2.97. The molecule has 3 aromatic rings. The van der Waals surface area contributed by atoms with Crippen LogP contribution in [-0.2, 0) is 57.4 Å². The van der Waals surface area contributed by atoms with Crippen molar-refractivity contribution in [3.8, 4) is 0 Å². The third-order valence-corrected chi connectivity index (χ3v) is 5.92. The molecule has 0 unspecified atom stereocenters. The van der Waals surface area contributed by atoms with Crippen LogP contribution in [0.25, 0.3) is 0 Å². The smallest absolute Gasteiger partial charge is 0.0620 e. The third-order valence-electron chi connectivity index (χ3n) is 3.19. The molecule has 0 saturated carbocycles. The van der Waals surface area contributed by atoms with Gasteiger partial charge >= 0.3 is 56.5 Å². The van der Waals surface area contributed by atoms with Crippen LogP contribution in [0.2, 0.25) is 0 Å². The Balaban J connectivity index is -0.0000000856. The molecule has 37 heavy (non-hydrogen) atoms. The van der Waals surface area contributed by atoms with Gasteiger partial charge in [0.2, 0.25) is 0 Å². The molecular formula is C27H32Fe2O5P3+3. The third kappa shape index (κ3) is 30.8. The molecule has 0 heterocycles. The van der Waals surface area contributed by atoms with Crippen molar-refractivity contribution in [3.05, 3.63) is 124 Å². The molecule has 0 radical (unpaired) electrons. The molecule has 0 bridgehead atoms. The van der Waals surface area contributed by atoms with Crippen molar-refractivity contribution in [1.82, 2.24) is 0 Å². The predicted molar refractivity (Wildman–Crippen MR) is 149 cm³/mol. The molecular weight excluding hydrogens is 609 g/mol. The first kappa shape index (κ1) is 52.2. The number of rotatable bonds is 3. The zero-order chi connectivity index (χ0) is 28.3. The first-order valence-electron chi connectivity index (χ1n) is 9.81. The van der Waals surface area contributed by atoms with Crippen LogP contribution in [-0.4, -0.2) is 26.7 Å². The molecule has 0 aliphatic rings. The van der Waals surface area contributed by atoms with Gasteiger partial charge in [-0.2, -0.15) is 0 Å². The summed E-state index contributed by atoms with van der Waals surface area (Å²) in [6.07, 6.45) is 0. The minimum Gasteiger partial charge on any atom is -0.0620 e. The fourth-order valence-corrected chi connectivity index (χ4v) is 4.89. The van der Waals surface area contributed by atoms with Crippen LogP contribution in [0, 0.1) is 33.3 Å². The van der Waals surface area contributed by atoms with E-state index in [9.17, 15) is 0 Å². The summed E-state index contributed by atoms with van der Waals surface area (Å²) >= 11 is 0. The van der Waals surface area contributed by atoms with Gasteiger partial charge in [0.1, 0.15) is 15.9 Å². The monoisotopic (exact) mass is 641 g/mol. The molecule has 0 aliphatic heterocycles. The van der Waals surface area contributed by atoms with Gasteiger partial charge in [0, 0.05) is 60.8 Å². The summed E-state index contributed by atoms with van der Waals surface area (Å²) in [6, 6.07) is 32.5. The van der Waals surface area contributed by atoms with E-state index in [0.717, 1.165) is 17.2 Å². The summed E-state index contributed by atoms with van der Waals surface area (Å²) in [4.78, 5) is 0. The molecule has 5 nitrogen and oxygen atoms in total. The van der Waals surface area contributed by atoms with Gasteiger partial charge in [-0.3, -0.25) is 0 Å². The Labute approximate surface area is 248 Å². The maximum absolute atomic E-state index is 7.50. The van der Waals surface area contributed by atoms with Gasteiger partial charge in [-0.15, -0.1) is 0 Å². The second kappa shape index (κ2) is 51.4. The number of hydrogen-bond donors (Lipinski definition) is 0. The van der Waals surface area contributed by atoms with Gasteiger partial charge in [-0.1, -0.05) is 54.6 Å². The summed E-state index contributed by atoms with van der Waals surface area (Å²) < 4.78 is 37.5. The normalized spacial score (nSPS) is 6.68. The van der Waals surface area contributed by atoms with Crippen molar-refractivity contribution in [1.29, 1.82) is 0 Å². The van der Waals surface area contributed by atoms with Gasteiger partial charge in [0.05, 0.1) is 7.92 Å². The van der Waals surface area contributed by atoms with E-state index in [1.165, 1.54) is 15.9 Å². The van der Waals surface area contributed by atoms with E-state index in [1.807, 2.05) is 0 Å². The van der Waals surface area contributed by atoms with Crippen LogP contribution in [0.4, 0.5) is 0 Å². The maximum Gasteiger partial charge on any atom is 0.102 e. The van der Waals surface area contributed by atoms with E-state index in [0.29, 0.717) is 0 Å². The molecule has 3 aromatic carbocycles. The fourth-order valence-electron chi connectivity index (χ4n) is 2.31. The summed E-state index contributed by atoms with van der Waals surface area (Å²) in [5, 5.41) is 4.31. The van der Waals surface area contributed by atoms with Crippen molar-refractivity contribution in [2.75, 3.05) is 26.7 Å². The summed E-state index contributed by atoms with van der Waals surface area (Å²) in [5.74, 6) is 0. The van der Waals surface area contributed by atoms with Gasteiger partial charge in [-0.05, 0) is 53.6 Å². The van der Waals surface area contributed by atoms with Crippen molar-refractivity contribution >= 4 is 41.0 Å². The molecule has 0 N–H and O–H groups in total. The van der Waals surface area contributed by atoms with Crippen LogP contribution < -0.4 is 15.9 Å². The summed E-state index contributed by atoms with van der Waals surface area (Å²) in [6.45, 7) is 31.3. The predicted octanol–water partition coefficient (Wildman–Crippen LogP) is 4.30. The van der Waals surface area contributed by atoms with Crippen molar-refractivity contribution in [2.24, 2.45) is 0 Å². The topological polar surface area (TPSA) is 99.5 Å². The van der Waals surface area contributed by atoms with Crippen LogP contribution in [0.1, 0.15) is 0 Å². The van der Waals surface area contributed by atoms with Crippen molar-refractivity contribution < 1.29 is 57.4 Å². The zero-order valence-corrected chi connectivity index (χ0v) is 26.6. The standard InChI is InChI=1S/C18H15P.2C2H7P.5CO.2Fe/c1-4-10-16(11-5-1)19(17-12-6-2-7-13-17)18-14-8-3-9-15-18;2*1-3-2;5*1-2;;/h1-15H;2*3H,1-2H3;;;;;;;/p+3. The number of benzene rings is 3. The minimum absolute atomic E-state index is 0. The van der Waals surface area contributed by atoms with Crippen molar-refractivity contribution in [3.63, 3.8) is 0 Å². The van der Waals surface area contributed by atoms with Crippen LogP contribution >= 0.6 is 25.1 Å². The molecule has 10 heteroatoms. The quantitative estimate of drug-likeness (QED) is 0.177. The van der Waals surface area contributed by atoms with E-state index < -0.39 is 7.92 Å². The SMILES string of the molecule is C[PH2+]C.C[PH2+]C.[C-]#[O+].[C-]#[O+].[C-]#[O+].[C-]#[O+].[C-]#[O+].[Fe].[Fe].c1ccc([PH+](c2ccccc2)c2ccccc2)cc1. The van der Waals surface area contributed by atoms with Crippen LogP contribution in [0.3, 0.4) is 0 Å². The summed E-state index contributed by atoms with van der Waals surface area (Å²) in [7, 11) is 0.623. The molecule has 0 fully saturated rings. The second-order valence-corrected chi connectivity index (χ2v) is 10.4. The zero-order valence-electron chi connectivity index (χ0n) is 21.1. The van der Waals surface area contributed by atoms with Gasteiger partial charge in [-0.25, -0.2) is 0 Å². The van der Waals surface area contributed by atoms with Crippen LogP contribution in [0.15, 0.2) is 91.0 Å². The Bertz CT molecular complexity index is 759. The maximum atomic E-state index is 7.50. The molecule has 0 saturated heterocycles. The molecule has 198 valence electrons. The minimum atomic E-state index is -0.877. The number of hydrogen-bond acceptors (Lipinski definition) is 0. The van der Waals surface area contributed by atoms with E-state index in [1.54, 1.807) is 0 Å². The molecule has 0 aliphatic carbocycles. The van der Waals surface area contributed by atoms with Gasteiger partial charge in [0.15, 0.2) is 0 Å². The fraction of sp³-hybridized carbons (Fsp3) is 0.148. The van der Waals surface area contributed by atoms with E-state index >= 15 is 0 Å². The Morgan fingerprint density at radius 3 is 0.676 bits per heavy atom. The average molecular weight is 641 g/mol. The van der Waals surface area contributed by atoms with Crippen LogP contribution in [0.5, 0.6) is 0 Å². The first-order valence-corrected chi connectivity index (χ1v) is 15.9. The van der Waals surface area contributed by atoms with E-state index in [4.69, 9.17) is 23.3 Å². The second-order valence-electron chi connectivity index (χ2n) is 5.63.